The average Bonchev–Trinajstić information content (AvgIpc) is 2.94. The van der Waals surface area contributed by atoms with E-state index in [1.54, 1.807) is 6.92 Å². The normalized spacial score (nSPS) is 18.8. The molecule has 3 heterocycles. The Hall–Kier alpha value is -2.17. The highest BCUT2D eigenvalue weighted by atomic mass is 16.2. The highest BCUT2D eigenvalue weighted by molar-refractivity contribution is 5.73. The maximum Gasteiger partial charge on any atom is 0.219 e. The number of carbonyl (C=O) groups is 1. The van der Waals surface area contributed by atoms with Crippen LogP contribution in [0.1, 0.15) is 37.1 Å². The lowest BCUT2D eigenvalue weighted by atomic mass is 9.94. The molecule has 2 aromatic heterocycles. The van der Waals surface area contributed by atoms with Crippen molar-refractivity contribution in [2.75, 3.05) is 13.1 Å². The second-order valence-electron chi connectivity index (χ2n) is 5.69. The predicted octanol–water partition coefficient (Wildman–Crippen LogP) is 2.51. The molecule has 1 aliphatic heterocycles. The second kappa shape index (κ2) is 5.68. The van der Waals surface area contributed by atoms with E-state index in [0.717, 1.165) is 48.7 Å². The van der Waals surface area contributed by atoms with Gasteiger partial charge in [0.1, 0.15) is 5.69 Å². The van der Waals surface area contributed by atoms with Crippen LogP contribution in [-0.4, -0.2) is 39.1 Å². The van der Waals surface area contributed by atoms with Gasteiger partial charge in [0, 0.05) is 37.3 Å². The lowest BCUT2D eigenvalue weighted by molar-refractivity contribution is -0.130. The lowest BCUT2D eigenvalue weighted by Gasteiger charge is -2.31. The van der Waals surface area contributed by atoms with Crippen molar-refractivity contribution in [3.63, 3.8) is 0 Å². The number of nitrogens with zero attached hydrogens (tertiary/aromatic N) is 3. The first kappa shape index (κ1) is 13.8. The summed E-state index contributed by atoms with van der Waals surface area (Å²) in [5.41, 5.74) is 3.84. The third-order valence-electron chi connectivity index (χ3n) is 4.02. The number of nitrogens with one attached hydrogen (secondary N) is 1. The Balaban J connectivity index is 1.84. The molecule has 1 saturated heterocycles. The summed E-state index contributed by atoms with van der Waals surface area (Å²) in [5, 5.41) is 7.21. The molecule has 1 amide bonds. The Morgan fingerprint density at radius 1 is 1.38 bits per heavy atom. The predicted molar refractivity (Wildman–Crippen MR) is 80.8 cm³/mol. The van der Waals surface area contributed by atoms with E-state index in [-0.39, 0.29) is 5.91 Å². The van der Waals surface area contributed by atoms with E-state index in [4.69, 9.17) is 4.98 Å². The molecule has 1 unspecified atom stereocenters. The van der Waals surface area contributed by atoms with E-state index in [1.165, 1.54) is 0 Å². The molecule has 0 bridgehead atoms. The van der Waals surface area contributed by atoms with Gasteiger partial charge in [-0.25, -0.2) is 0 Å². The second-order valence-corrected chi connectivity index (χ2v) is 5.69. The largest absolute Gasteiger partial charge is 0.342 e. The molecule has 0 aliphatic carbocycles. The van der Waals surface area contributed by atoms with Gasteiger partial charge < -0.3 is 4.90 Å². The van der Waals surface area contributed by atoms with Gasteiger partial charge in [-0.15, -0.1) is 0 Å². The molecule has 1 atom stereocenters. The monoisotopic (exact) mass is 284 g/mol. The molecule has 3 rings (SSSR count). The number of hydrogen-bond donors (Lipinski definition) is 1. The summed E-state index contributed by atoms with van der Waals surface area (Å²) in [7, 11) is 0. The van der Waals surface area contributed by atoms with Gasteiger partial charge in [-0.2, -0.15) is 5.10 Å². The van der Waals surface area contributed by atoms with Gasteiger partial charge in [-0.05, 0) is 38.0 Å². The van der Waals surface area contributed by atoms with Crippen molar-refractivity contribution in [1.82, 2.24) is 20.1 Å². The van der Waals surface area contributed by atoms with Crippen molar-refractivity contribution in [2.45, 2.75) is 32.6 Å². The molecule has 21 heavy (non-hydrogen) atoms. The third kappa shape index (κ3) is 2.96. The van der Waals surface area contributed by atoms with Crippen LogP contribution in [0.3, 0.4) is 0 Å². The number of hydrogen-bond acceptors (Lipinski definition) is 3. The van der Waals surface area contributed by atoms with E-state index in [2.05, 4.69) is 16.3 Å². The standard InChI is InChI=1S/C16H20N4O/c1-11-9-16(19-18-11)15-7-3-6-14(17-15)13-5-4-8-20(10-13)12(2)21/h3,6-7,9,13H,4-5,8,10H2,1-2H3,(H,18,19). The van der Waals surface area contributed by atoms with Crippen LogP contribution in [0.4, 0.5) is 0 Å². The van der Waals surface area contributed by atoms with Crippen LogP contribution in [0.5, 0.6) is 0 Å². The van der Waals surface area contributed by atoms with Crippen LogP contribution < -0.4 is 0 Å². The number of aromatic amines is 1. The molecular formula is C16H20N4O. The first-order valence-electron chi connectivity index (χ1n) is 7.38. The van der Waals surface area contributed by atoms with Crippen molar-refractivity contribution >= 4 is 5.91 Å². The maximum absolute atomic E-state index is 11.6. The molecule has 0 spiro atoms. The van der Waals surface area contributed by atoms with Gasteiger partial charge in [-0.1, -0.05) is 6.07 Å². The Morgan fingerprint density at radius 2 is 2.24 bits per heavy atom. The summed E-state index contributed by atoms with van der Waals surface area (Å²) >= 11 is 0. The summed E-state index contributed by atoms with van der Waals surface area (Å²) < 4.78 is 0. The van der Waals surface area contributed by atoms with Gasteiger partial charge in [0.05, 0.1) is 5.69 Å². The zero-order valence-electron chi connectivity index (χ0n) is 12.5. The number of pyridine rings is 1. The minimum Gasteiger partial charge on any atom is -0.342 e. The number of aromatic nitrogens is 3. The van der Waals surface area contributed by atoms with E-state index < -0.39 is 0 Å². The van der Waals surface area contributed by atoms with Gasteiger partial charge in [0.25, 0.3) is 0 Å². The Morgan fingerprint density at radius 3 is 2.95 bits per heavy atom. The van der Waals surface area contributed by atoms with E-state index >= 15 is 0 Å². The molecule has 2 aromatic rings. The van der Waals surface area contributed by atoms with Crippen molar-refractivity contribution in [1.29, 1.82) is 0 Å². The number of likely N-dealkylation sites (tertiary alicyclic amines) is 1. The fourth-order valence-electron chi connectivity index (χ4n) is 2.88. The summed E-state index contributed by atoms with van der Waals surface area (Å²) in [6.07, 6.45) is 2.12. The minimum absolute atomic E-state index is 0.152. The molecule has 1 aliphatic rings. The van der Waals surface area contributed by atoms with Crippen molar-refractivity contribution in [3.8, 4) is 11.4 Å². The summed E-state index contributed by atoms with van der Waals surface area (Å²) in [6, 6.07) is 8.05. The number of rotatable bonds is 2. The summed E-state index contributed by atoms with van der Waals surface area (Å²) in [4.78, 5) is 18.2. The van der Waals surface area contributed by atoms with Crippen LogP contribution in [0.15, 0.2) is 24.3 Å². The quantitative estimate of drug-likeness (QED) is 0.921. The van der Waals surface area contributed by atoms with Crippen LogP contribution in [0.2, 0.25) is 0 Å². The van der Waals surface area contributed by atoms with Crippen LogP contribution in [0.25, 0.3) is 11.4 Å². The smallest absolute Gasteiger partial charge is 0.219 e. The fourth-order valence-corrected chi connectivity index (χ4v) is 2.88. The first-order chi connectivity index (χ1) is 10.1. The van der Waals surface area contributed by atoms with Crippen molar-refractivity contribution < 1.29 is 4.79 Å². The minimum atomic E-state index is 0.152. The van der Waals surface area contributed by atoms with Crippen LogP contribution in [-0.2, 0) is 4.79 Å². The summed E-state index contributed by atoms with van der Waals surface area (Å²) in [6.45, 7) is 5.25. The van der Waals surface area contributed by atoms with E-state index in [1.807, 2.05) is 30.0 Å². The lowest BCUT2D eigenvalue weighted by Crippen LogP contribution is -2.37. The maximum atomic E-state index is 11.6. The number of aryl methyl sites for hydroxylation is 1. The average molecular weight is 284 g/mol. The number of amides is 1. The molecule has 0 radical (unpaired) electrons. The summed E-state index contributed by atoms with van der Waals surface area (Å²) in [5.74, 6) is 0.474. The van der Waals surface area contributed by atoms with Gasteiger partial charge >= 0.3 is 0 Å². The molecular weight excluding hydrogens is 264 g/mol. The Bertz CT molecular complexity index is 649. The molecule has 5 nitrogen and oxygen atoms in total. The van der Waals surface area contributed by atoms with E-state index in [9.17, 15) is 4.79 Å². The molecule has 0 aromatic carbocycles. The number of H-pyrrole nitrogens is 1. The molecule has 110 valence electrons. The molecule has 0 saturated carbocycles. The fraction of sp³-hybridized carbons (Fsp3) is 0.438. The third-order valence-corrected chi connectivity index (χ3v) is 4.02. The Labute approximate surface area is 124 Å². The topological polar surface area (TPSA) is 61.9 Å². The van der Waals surface area contributed by atoms with Gasteiger partial charge in [-0.3, -0.25) is 14.9 Å². The highest BCUT2D eigenvalue weighted by Gasteiger charge is 2.24. The SMILES string of the molecule is CC(=O)N1CCCC(c2cccc(-c3cc(C)[nH]n3)n2)C1. The number of carbonyl (C=O) groups excluding carboxylic acids is 1. The van der Waals surface area contributed by atoms with Crippen molar-refractivity contribution in [2.24, 2.45) is 0 Å². The van der Waals surface area contributed by atoms with Gasteiger partial charge in [0.15, 0.2) is 0 Å². The molecule has 1 fully saturated rings. The molecule has 5 heteroatoms. The van der Waals surface area contributed by atoms with Crippen LogP contribution >= 0.6 is 0 Å². The van der Waals surface area contributed by atoms with Gasteiger partial charge in [0.2, 0.25) is 5.91 Å². The molecule has 1 N–H and O–H groups in total. The van der Waals surface area contributed by atoms with Crippen LogP contribution in [0, 0.1) is 6.92 Å². The highest BCUT2D eigenvalue weighted by Crippen LogP contribution is 2.27. The Kier molecular flexibility index (Phi) is 3.73. The number of piperidine rings is 1. The van der Waals surface area contributed by atoms with Crippen molar-refractivity contribution in [3.05, 3.63) is 35.7 Å². The first-order valence-corrected chi connectivity index (χ1v) is 7.38. The van der Waals surface area contributed by atoms with E-state index in [0.29, 0.717) is 5.92 Å². The zero-order chi connectivity index (χ0) is 14.8. The zero-order valence-corrected chi connectivity index (χ0v) is 12.5.